The third-order valence-corrected chi connectivity index (χ3v) is 4.51. The Hall–Kier alpha value is -0.420. The lowest BCUT2D eigenvalue weighted by Gasteiger charge is -2.21. The first-order valence-electron chi connectivity index (χ1n) is 5.49. The zero-order valence-corrected chi connectivity index (χ0v) is 11.4. The van der Waals surface area contributed by atoms with Crippen molar-refractivity contribution in [3.63, 3.8) is 0 Å². The number of carbonyl (C=O) groups is 1. The largest absolute Gasteiger partial charge is 0.356 e. The summed E-state index contributed by atoms with van der Waals surface area (Å²) >= 11 is 5.28. The number of hydrogen-bond acceptors (Lipinski definition) is 2. The fraction of sp³-hybridized carbons (Fsp3) is 0.545. The Morgan fingerprint density at radius 2 is 2.50 bits per heavy atom. The van der Waals surface area contributed by atoms with E-state index in [0.717, 1.165) is 11.0 Å². The number of halogens is 1. The molecule has 16 heavy (non-hydrogen) atoms. The molecule has 88 valence electrons. The molecule has 1 amide bonds. The van der Waals surface area contributed by atoms with Crippen LogP contribution in [0.2, 0.25) is 0 Å². The molecule has 2 heterocycles. The second kappa shape index (κ2) is 5.77. The predicted molar refractivity (Wildman–Crippen MR) is 70.9 cm³/mol. The first-order valence-corrected chi connectivity index (χ1v) is 7.33. The van der Waals surface area contributed by atoms with Crippen LogP contribution in [0.15, 0.2) is 16.7 Å². The van der Waals surface area contributed by atoms with Gasteiger partial charge in [-0.15, -0.1) is 0 Å². The number of amides is 1. The van der Waals surface area contributed by atoms with Gasteiger partial charge in [-0.05, 0) is 40.6 Å². The Kier molecular flexibility index (Phi) is 4.35. The van der Waals surface area contributed by atoms with Gasteiger partial charge in [0.05, 0.1) is 0 Å². The van der Waals surface area contributed by atoms with E-state index < -0.39 is 0 Å². The molecule has 1 saturated heterocycles. The number of nitrogens with one attached hydrogen (secondary N) is 2. The minimum absolute atomic E-state index is 0.0168. The average molecular weight is 303 g/mol. The van der Waals surface area contributed by atoms with Crippen molar-refractivity contribution in [2.75, 3.05) is 12.3 Å². The Morgan fingerprint density at radius 1 is 1.62 bits per heavy atom. The van der Waals surface area contributed by atoms with Gasteiger partial charge < -0.3 is 10.3 Å². The number of rotatable bonds is 3. The van der Waals surface area contributed by atoms with E-state index in [2.05, 4.69) is 26.2 Å². The predicted octanol–water partition coefficient (Wildman–Crippen LogP) is 2.79. The van der Waals surface area contributed by atoms with E-state index in [-0.39, 0.29) is 5.91 Å². The molecule has 0 aromatic carbocycles. The number of aromatic nitrogens is 1. The maximum Gasteiger partial charge on any atom is 0.267 e. The lowest BCUT2D eigenvalue weighted by molar-refractivity contribution is 0.0949. The summed E-state index contributed by atoms with van der Waals surface area (Å²) in [5, 5.41) is 3.56. The molecule has 0 aliphatic carbocycles. The van der Waals surface area contributed by atoms with Gasteiger partial charge in [0.1, 0.15) is 5.69 Å². The maximum absolute atomic E-state index is 11.7. The number of hydrogen-bond donors (Lipinski definition) is 2. The van der Waals surface area contributed by atoms with Crippen LogP contribution in [0.5, 0.6) is 0 Å². The maximum atomic E-state index is 11.7. The van der Waals surface area contributed by atoms with Crippen molar-refractivity contribution in [3.8, 4) is 0 Å². The molecule has 0 bridgehead atoms. The Balaban J connectivity index is 1.79. The summed E-state index contributed by atoms with van der Waals surface area (Å²) in [4.78, 5) is 14.7. The SMILES string of the molecule is O=C(NCC1CCCCS1)c1cc(Br)c[nH]1. The van der Waals surface area contributed by atoms with Crippen molar-refractivity contribution < 1.29 is 4.79 Å². The van der Waals surface area contributed by atoms with Crippen molar-refractivity contribution in [2.45, 2.75) is 24.5 Å². The quantitative estimate of drug-likeness (QED) is 0.902. The lowest BCUT2D eigenvalue weighted by atomic mass is 10.2. The summed E-state index contributed by atoms with van der Waals surface area (Å²) in [5.74, 6) is 1.21. The van der Waals surface area contributed by atoms with Gasteiger partial charge in [-0.1, -0.05) is 6.42 Å². The van der Waals surface area contributed by atoms with Crippen LogP contribution in [-0.2, 0) is 0 Å². The minimum Gasteiger partial charge on any atom is -0.356 e. The highest BCUT2D eigenvalue weighted by Crippen LogP contribution is 2.24. The minimum atomic E-state index is -0.0168. The number of aromatic amines is 1. The summed E-state index contributed by atoms with van der Waals surface area (Å²) in [6.07, 6.45) is 5.60. The lowest BCUT2D eigenvalue weighted by Crippen LogP contribution is -2.32. The molecule has 2 N–H and O–H groups in total. The molecule has 1 unspecified atom stereocenters. The van der Waals surface area contributed by atoms with Gasteiger partial charge in [-0.2, -0.15) is 11.8 Å². The van der Waals surface area contributed by atoms with Gasteiger partial charge in [0.25, 0.3) is 5.91 Å². The summed E-state index contributed by atoms with van der Waals surface area (Å²) in [6, 6.07) is 1.79. The van der Waals surface area contributed by atoms with E-state index in [9.17, 15) is 4.79 Å². The summed E-state index contributed by atoms with van der Waals surface area (Å²) in [5.41, 5.74) is 0.618. The zero-order chi connectivity index (χ0) is 11.4. The second-order valence-electron chi connectivity index (χ2n) is 3.93. The van der Waals surface area contributed by atoms with E-state index in [0.29, 0.717) is 10.9 Å². The van der Waals surface area contributed by atoms with Crippen molar-refractivity contribution >= 4 is 33.6 Å². The summed E-state index contributed by atoms with van der Waals surface area (Å²) < 4.78 is 0.907. The van der Waals surface area contributed by atoms with Crippen LogP contribution in [0.4, 0.5) is 0 Å². The molecule has 3 nitrogen and oxygen atoms in total. The van der Waals surface area contributed by atoms with Gasteiger partial charge in [0, 0.05) is 22.5 Å². The normalized spacial score (nSPS) is 20.7. The van der Waals surface area contributed by atoms with Crippen molar-refractivity contribution in [3.05, 3.63) is 22.4 Å². The topological polar surface area (TPSA) is 44.9 Å². The van der Waals surface area contributed by atoms with Crippen molar-refractivity contribution in [1.82, 2.24) is 10.3 Å². The molecular formula is C11H15BrN2OS. The van der Waals surface area contributed by atoms with E-state index in [1.807, 2.05) is 11.8 Å². The third kappa shape index (κ3) is 3.28. The molecule has 1 aliphatic rings. The smallest absolute Gasteiger partial charge is 0.267 e. The first-order chi connectivity index (χ1) is 7.75. The fourth-order valence-corrected chi connectivity index (χ4v) is 3.35. The highest BCUT2D eigenvalue weighted by Gasteiger charge is 2.15. The molecule has 1 fully saturated rings. The van der Waals surface area contributed by atoms with Gasteiger partial charge in [-0.3, -0.25) is 4.79 Å². The Bertz CT molecular complexity index is 361. The van der Waals surface area contributed by atoms with Crippen LogP contribution in [0.25, 0.3) is 0 Å². The zero-order valence-electron chi connectivity index (χ0n) is 8.96. The van der Waals surface area contributed by atoms with Gasteiger partial charge in [0.2, 0.25) is 0 Å². The molecule has 1 aliphatic heterocycles. The van der Waals surface area contributed by atoms with Gasteiger partial charge >= 0.3 is 0 Å². The fourth-order valence-electron chi connectivity index (χ4n) is 1.77. The van der Waals surface area contributed by atoms with E-state index in [1.165, 1.54) is 25.0 Å². The van der Waals surface area contributed by atoms with Crippen LogP contribution in [-0.4, -0.2) is 28.4 Å². The van der Waals surface area contributed by atoms with Crippen LogP contribution < -0.4 is 5.32 Å². The molecule has 0 spiro atoms. The molecule has 1 atom stereocenters. The first kappa shape index (κ1) is 12.0. The molecule has 1 aromatic rings. The molecule has 5 heteroatoms. The molecule has 1 aromatic heterocycles. The van der Waals surface area contributed by atoms with Crippen LogP contribution in [0, 0.1) is 0 Å². The summed E-state index contributed by atoms with van der Waals surface area (Å²) in [7, 11) is 0. The molecule has 0 radical (unpaired) electrons. The second-order valence-corrected chi connectivity index (χ2v) is 6.25. The number of carbonyl (C=O) groups excluding carboxylic acids is 1. The van der Waals surface area contributed by atoms with Crippen LogP contribution >= 0.6 is 27.7 Å². The standard InChI is InChI=1S/C11H15BrN2OS/c12-8-5-10(13-6-8)11(15)14-7-9-3-1-2-4-16-9/h5-6,9,13H,1-4,7H2,(H,14,15). The average Bonchev–Trinajstić information content (AvgIpc) is 2.74. The molecular weight excluding hydrogens is 288 g/mol. The van der Waals surface area contributed by atoms with Crippen molar-refractivity contribution in [1.29, 1.82) is 0 Å². The monoisotopic (exact) mass is 302 g/mol. The molecule has 2 rings (SSSR count). The van der Waals surface area contributed by atoms with Gasteiger partial charge in [0.15, 0.2) is 0 Å². The van der Waals surface area contributed by atoms with Crippen molar-refractivity contribution in [2.24, 2.45) is 0 Å². The number of thioether (sulfide) groups is 1. The van der Waals surface area contributed by atoms with E-state index >= 15 is 0 Å². The van der Waals surface area contributed by atoms with Crippen LogP contribution in [0.1, 0.15) is 29.8 Å². The number of H-pyrrole nitrogens is 1. The Morgan fingerprint density at radius 3 is 3.12 bits per heavy atom. The Labute approximate surface area is 108 Å². The van der Waals surface area contributed by atoms with E-state index in [1.54, 1.807) is 12.3 Å². The molecule has 0 saturated carbocycles. The highest BCUT2D eigenvalue weighted by atomic mass is 79.9. The highest BCUT2D eigenvalue weighted by molar-refractivity contribution is 9.10. The third-order valence-electron chi connectivity index (χ3n) is 2.66. The van der Waals surface area contributed by atoms with Gasteiger partial charge in [-0.25, -0.2) is 0 Å². The van der Waals surface area contributed by atoms with Crippen LogP contribution in [0.3, 0.4) is 0 Å². The van der Waals surface area contributed by atoms with E-state index in [4.69, 9.17) is 0 Å². The summed E-state index contributed by atoms with van der Waals surface area (Å²) in [6.45, 7) is 0.778.